The number of aromatic hydroxyl groups is 2. The van der Waals surface area contributed by atoms with E-state index < -0.39 is 17.9 Å². The molecule has 200 valence electrons. The number of carbonyl (C=O) groups excluding carboxylic acids is 1. The van der Waals surface area contributed by atoms with Crippen LogP contribution in [0.4, 0.5) is 0 Å². The van der Waals surface area contributed by atoms with Gasteiger partial charge < -0.3 is 20.6 Å². The Balaban J connectivity index is 1.76. The molecule has 3 rings (SSSR count). The number of phenolic OH excluding ortho intramolecular Hbond substituents is 2. The molecule has 1 heterocycles. The Labute approximate surface area is 218 Å². The van der Waals surface area contributed by atoms with Gasteiger partial charge in [-0.25, -0.2) is 14.8 Å². The van der Waals surface area contributed by atoms with Gasteiger partial charge in [0.15, 0.2) is 11.5 Å². The number of carboxylic acids is 1. The van der Waals surface area contributed by atoms with Crippen LogP contribution < -0.4 is 5.32 Å². The van der Waals surface area contributed by atoms with Crippen LogP contribution in [0.3, 0.4) is 0 Å². The quantitative estimate of drug-likeness (QED) is 0.117. The number of amides is 1. The Morgan fingerprint density at radius 2 is 1.51 bits per heavy atom. The van der Waals surface area contributed by atoms with E-state index in [0.29, 0.717) is 34.1 Å². The zero-order valence-electron chi connectivity index (χ0n) is 22.1. The standard InChI is InChI=1S/C29H39N3O5/c1-4-5-6-7-8-9-10-11-12-13-20-26-23(17-24(33)27(20)34)30-22-16-19(14-15-21(22)31-26)28(35)32-25(18(2)3)29(36)37/h14-18,25,33-34H,4-13H2,1-3H3,(H,32,35)(H,36,37). The molecule has 0 saturated heterocycles. The van der Waals surface area contributed by atoms with Gasteiger partial charge in [-0.2, -0.15) is 0 Å². The maximum Gasteiger partial charge on any atom is 0.326 e. The number of rotatable bonds is 14. The second-order valence-corrected chi connectivity index (χ2v) is 10.1. The molecule has 8 heteroatoms. The number of carbonyl (C=O) groups is 2. The molecule has 3 aromatic rings. The molecule has 2 aromatic carbocycles. The predicted molar refractivity (Wildman–Crippen MR) is 145 cm³/mol. The number of hydrogen-bond donors (Lipinski definition) is 4. The second-order valence-electron chi connectivity index (χ2n) is 10.1. The van der Waals surface area contributed by atoms with Crippen molar-refractivity contribution >= 4 is 33.9 Å². The van der Waals surface area contributed by atoms with E-state index in [1.54, 1.807) is 32.0 Å². The minimum Gasteiger partial charge on any atom is -0.504 e. The van der Waals surface area contributed by atoms with Crippen molar-refractivity contribution in [2.45, 2.75) is 91.0 Å². The maximum absolute atomic E-state index is 12.7. The lowest BCUT2D eigenvalue weighted by Crippen LogP contribution is -2.44. The van der Waals surface area contributed by atoms with Crippen molar-refractivity contribution in [3.05, 3.63) is 35.4 Å². The maximum atomic E-state index is 12.7. The van der Waals surface area contributed by atoms with Crippen LogP contribution in [-0.4, -0.2) is 43.2 Å². The molecule has 0 spiro atoms. The van der Waals surface area contributed by atoms with Crippen molar-refractivity contribution in [1.82, 2.24) is 15.3 Å². The number of unbranched alkanes of at least 4 members (excludes halogenated alkanes) is 8. The van der Waals surface area contributed by atoms with Crippen LogP contribution in [0, 0.1) is 5.92 Å². The topological polar surface area (TPSA) is 133 Å². The van der Waals surface area contributed by atoms with Crippen molar-refractivity contribution in [2.24, 2.45) is 5.92 Å². The Morgan fingerprint density at radius 1 is 0.865 bits per heavy atom. The normalized spacial score (nSPS) is 12.3. The summed E-state index contributed by atoms with van der Waals surface area (Å²) in [5, 5.41) is 32.8. The van der Waals surface area contributed by atoms with Crippen LogP contribution in [0.15, 0.2) is 24.3 Å². The van der Waals surface area contributed by atoms with Crippen molar-refractivity contribution in [3.8, 4) is 11.5 Å². The highest BCUT2D eigenvalue weighted by Gasteiger charge is 2.24. The Morgan fingerprint density at radius 3 is 2.14 bits per heavy atom. The monoisotopic (exact) mass is 509 g/mol. The minimum atomic E-state index is -1.09. The summed E-state index contributed by atoms with van der Waals surface area (Å²) >= 11 is 0. The summed E-state index contributed by atoms with van der Waals surface area (Å²) in [5.41, 5.74) is 2.79. The van der Waals surface area contributed by atoms with Gasteiger partial charge in [0.2, 0.25) is 0 Å². The summed E-state index contributed by atoms with van der Waals surface area (Å²) in [4.78, 5) is 33.4. The molecule has 0 bridgehead atoms. The Kier molecular flexibility index (Phi) is 10.1. The molecule has 0 aliphatic heterocycles. The molecule has 1 atom stereocenters. The highest BCUT2D eigenvalue weighted by molar-refractivity contribution is 6.00. The van der Waals surface area contributed by atoms with Crippen molar-refractivity contribution in [2.75, 3.05) is 0 Å². The van der Waals surface area contributed by atoms with Crippen LogP contribution >= 0.6 is 0 Å². The zero-order chi connectivity index (χ0) is 26.9. The fourth-order valence-corrected chi connectivity index (χ4v) is 4.58. The van der Waals surface area contributed by atoms with Crippen LogP contribution in [0.1, 0.15) is 94.5 Å². The number of aromatic nitrogens is 2. The van der Waals surface area contributed by atoms with Gasteiger partial charge in [-0.05, 0) is 37.0 Å². The van der Waals surface area contributed by atoms with Crippen molar-refractivity contribution in [3.63, 3.8) is 0 Å². The number of hydrogen-bond acceptors (Lipinski definition) is 6. The number of nitrogens with one attached hydrogen (secondary N) is 1. The molecule has 0 radical (unpaired) electrons. The number of benzene rings is 2. The molecule has 0 aliphatic rings. The van der Waals surface area contributed by atoms with Crippen LogP contribution in [0.2, 0.25) is 0 Å². The molecule has 0 fully saturated rings. The molecule has 1 unspecified atom stereocenters. The highest BCUT2D eigenvalue weighted by atomic mass is 16.4. The summed E-state index contributed by atoms with van der Waals surface area (Å²) in [6.45, 7) is 5.67. The Bertz CT molecular complexity index is 1240. The SMILES string of the molecule is CCCCCCCCCCCc1c(O)c(O)cc2nc3cc(C(=O)NC(C(=O)O)C(C)C)ccc3nc12. The van der Waals surface area contributed by atoms with E-state index in [2.05, 4.69) is 17.2 Å². The number of fused-ring (bicyclic) bond motifs is 2. The first-order chi connectivity index (χ1) is 17.7. The van der Waals surface area contributed by atoms with Gasteiger partial charge in [0, 0.05) is 17.2 Å². The first-order valence-corrected chi connectivity index (χ1v) is 13.4. The number of carboxylic acid groups (broad SMARTS) is 1. The van der Waals surface area contributed by atoms with Crippen LogP contribution in [0.25, 0.3) is 22.1 Å². The third kappa shape index (κ3) is 7.31. The summed E-state index contributed by atoms with van der Waals surface area (Å²) in [6.07, 6.45) is 11.3. The first-order valence-electron chi connectivity index (χ1n) is 13.4. The summed E-state index contributed by atoms with van der Waals surface area (Å²) in [7, 11) is 0. The van der Waals surface area contributed by atoms with E-state index in [-0.39, 0.29) is 23.0 Å². The molecular formula is C29H39N3O5. The lowest BCUT2D eigenvalue weighted by atomic mass is 10.0. The van der Waals surface area contributed by atoms with E-state index in [1.807, 2.05) is 0 Å². The van der Waals surface area contributed by atoms with Gasteiger partial charge in [-0.3, -0.25) is 4.79 Å². The number of aryl methyl sites for hydroxylation is 1. The molecule has 37 heavy (non-hydrogen) atoms. The number of aliphatic carboxylic acids is 1. The van der Waals surface area contributed by atoms with Gasteiger partial charge in [0.25, 0.3) is 5.91 Å². The lowest BCUT2D eigenvalue weighted by Gasteiger charge is -2.18. The molecule has 0 saturated carbocycles. The van der Waals surface area contributed by atoms with Gasteiger partial charge in [0.1, 0.15) is 6.04 Å². The van der Waals surface area contributed by atoms with Gasteiger partial charge in [-0.15, -0.1) is 0 Å². The minimum absolute atomic E-state index is 0.162. The lowest BCUT2D eigenvalue weighted by molar-refractivity contribution is -0.140. The van der Waals surface area contributed by atoms with E-state index in [1.165, 1.54) is 44.6 Å². The molecule has 1 aromatic heterocycles. The average Bonchev–Trinajstić information content (AvgIpc) is 2.86. The number of nitrogens with zero attached hydrogens (tertiary/aromatic N) is 2. The second kappa shape index (κ2) is 13.2. The zero-order valence-corrected chi connectivity index (χ0v) is 22.1. The van der Waals surface area contributed by atoms with Crippen molar-refractivity contribution < 1.29 is 24.9 Å². The molecule has 1 amide bonds. The first kappa shape index (κ1) is 28.2. The molecular weight excluding hydrogens is 470 g/mol. The molecule has 0 aliphatic carbocycles. The third-order valence-corrected chi connectivity index (χ3v) is 6.79. The van der Waals surface area contributed by atoms with Crippen molar-refractivity contribution in [1.29, 1.82) is 0 Å². The molecule has 4 N–H and O–H groups in total. The van der Waals surface area contributed by atoms with E-state index in [9.17, 15) is 24.9 Å². The van der Waals surface area contributed by atoms with Gasteiger partial charge in [-0.1, -0.05) is 72.1 Å². The fraction of sp³-hybridized carbons (Fsp3) is 0.517. The largest absolute Gasteiger partial charge is 0.504 e. The third-order valence-electron chi connectivity index (χ3n) is 6.79. The fourth-order valence-electron chi connectivity index (χ4n) is 4.58. The van der Waals surface area contributed by atoms with Gasteiger partial charge >= 0.3 is 5.97 Å². The van der Waals surface area contributed by atoms with E-state index >= 15 is 0 Å². The van der Waals surface area contributed by atoms with Crippen LogP contribution in [0.5, 0.6) is 11.5 Å². The average molecular weight is 510 g/mol. The number of phenols is 2. The smallest absolute Gasteiger partial charge is 0.326 e. The van der Waals surface area contributed by atoms with Crippen LogP contribution in [-0.2, 0) is 11.2 Å². The summed E-state index contributed by atoms with van der Waals surface area (Å²) in [5.74, 6) is -2.29. The summed E-state index contributed by atoms with van der Waals surface area (Å²) in [6, 6.07) is 5.17. The van der Waals surface area contributed by atoms with E-state index in [4.69, 9.17) is 4.98 Å². The van der Waals surface area contributed by atoms with Gasteiger partial charge in [0.05, 0.1) is 22.1 Å². The Hall–Kier alpha value is -3.42. The summed E-state index contributed by atoms with van der Waals surface area (Å²) < 4.78 is 0. The highest BCUT2D eigenvalue weighted by Crippen LogP contribution is 2.36. The van der Waals surface area contributed by atoms with E-state index in [0.717, 1.165) is 19.3 Å². The predicted octanol–water partition coefficient (Wildman–Crippen LogP) is 6.11. The molecule has 8 nitrogen and oxygen atoms in total.